The van der Waals surface area contributed by atoms with E-state index in [2.05, 4.69) is 20.8 Å². The maximum absolute atomic E-state index is 11.9. The molecule has 136 valence electrons. The van der Waals surface area contributed by atoms with Gasteiger partial charge in [-0.3, -0.25) is 0 Å². The van der Waals surface area contributed by atoms with Gasteiger partial charge in [0.15, 0.2) is 0 Å². The number of methoxy groups -OCH3 is 1. The van der Waals surface area contributed by atoms with Gasteiger partial charge < -0.3 is 19.1 Å². The number of ether oxygens (including phenoxy) is 1. The molecule has 6 nitrogen and oxygen atoms in total. The fraction of sp³-hybridized carbons (Fsp3) is 0.579. The van der Waals surface area contributed by atoms with Crippen LogP contribution in [0.5, 0.6) is 5.75 Å². The van der Waals surface area contributed by atoms with E-state index in [-0.39, 0.29) is 5.41 Å². The highest BCUT2D eigenvalue weighted by Gasteiger charge is 2.50. The van der Waals surface area contributed by atoms with Gasteiger partial charge in [0.1, 0.15) is 11.4 Å². The second-order valence-corrected chi connectivity index (χ2v) is 7.91. The summed E-state index contributed by atoms with van der Waals surface area (Å²) in [6, 6.07) is 3.78. The minimum absolute atomic E-state index is 0.181. The van der Waals surface area contributed by atoms with Gasteiger partial charge in [-0.25, -0.2) is 9.78 Å². The number of imidazole rings is 1. The van der Waals surface area contributed by atoms with Crippen molar-refractivity contribution >= 4 is 11.7 Å². The fourth-order valence-electron chi connectivity index (χ4n) is 4.07. The third-order valence-corrected chi connectivity index (χ3v) is 5.56. The monoisotopic (exact) mass is 345 g/mol. The lowest BCUT2D eigenvalue weighted by Gasteiger charge is -2.53. The van der Waals surface area contributed by atoms with E-state index in [4.69, 9.17) is 9.72 Å². The van der Waals surface area contributed by atoms with Crippen LogP contribution in [0.4, 0.5) is 4.79 Å². The maximum Gasteiger partial charge on any atom is 0.407 e. The number of hydrogen-bond acceptors (Lipinski definition) is 3. The quantitative estimate of drug-likeness (QED) is 0.918. The van der Waals surface area contributed by atoms with Crippen molar-refractivity contribution in [3.8, 4) is 5.75 Å². The van der Waals surface area contributed by atoms with Crippen LogP contribution in [-0.4, -0.2) is 44.7 Å². The highest BCUT2D eigenvalue weighted by Crippen LogP contribution is 2.44. The summed E-state index contributed by atoms with van der Waals surface area (Å²) < 4.78 is 7.23. The number of fused-ring (bicyclic) bond motifs is 1. The summed E-state index contributed by atoms with van der Waals surface area (Å²) in [5, 5.41) is 9.81. The first-order chi connectivity index (χ1) is 11.8. The predicted octanol–water partition coefficient (Wildman–Crippen LogP) is 3.83. The molecule has 0 saturated carbocycles. The number of carbonyl (C=O) groups is 1. The highest BCUT2D eigenvalue weighted by molar-refractivity contribution is 5.66. The smallest absolute Gasteiger partial charge is 0.407 e. The first kappa shape index (κ1) is 17.6. The molecular formula is C19H27N3O3. The molecular weight excluding hydrogens is 318 g/mol. The van der Waals surface area contributed by atoms with E-state index < -0.39 is 11.6 Å². The lowest BCUT2D eigenvalue weighted by molar-refractivity contribution is -0.0251. The van der Waals surface area contributed by atoms with Crippen LogP contribution in [0.25, 0.3) is 5.65 Å². The molecule has 1 aliphatic rings. The molecule has 0 aromatic carbocycles. The molecule has 1 aliphatic heterocycles. The summed E-state index contributed by atoms with van der Waals surface area (Å²) in [6.45, 7) is 6.99. The highest BCUT2D eigenvalue weighted by atomic mass is 16.5. The summed E-state index contributed by atoms with van der Waals surface area (Å²) in [7, 11) is 1.64. The van der Waals surface area contributed by atoms with E-state index in [0.29, 0.717) is 13.0 Å². The number of pyridine rings is 1. The number of rotatable bonds is 3. The van der Waals surface area contributed by atoms with Crippen molar-refractivity contribution in [2.24, 2.45) is 5.41 Å². The van der Waals surface area contributed by atoms with Crippen molar-refractivity contribution in [2.45, 2.75) is 52.0 Å². The summed E-state index contributed by atoms with van der Waals surface area (Å²) in [4.78, 5) is 18.3. The molecule has 1 atom stereocenters. The average Bonchev–Trinajstić information content (AvgIpc) is 2.95. The molecule has 3 heterocycles. The molecule has 1 N–H and O–H groups in total. The SMILES string of the molecule is COc1ccn2cc(C[C@]3(C(C)(C)C)CCCCN3C(=O)O)nc2c1. The first-order valence-corrected chi connectivity index (χ1v) is 8.79. The Hall–Kier alpha value is -2.24. The van der Waals surface area contributed by atoms with Crippen molar-refractivity contribution in [3.05, 3.63) is 30.2 Å². The van der Waals surface area contributed by atoms with Crippen LogP contribution in [0.3, 0.4) is 0 Å². The molecule has 2 aromatic heterocycles. The number of piperidine rings is 1. The van der Waals surface area contributed by atoms with Crippen LogP contribution in [0.15, 0.2) is 24.5 Å². The van der Waals surface area contributed by atoms with Gasteiger partial charge in [-0.15, -0.1) is 0 Å². The van der Waals surface area contributed by atoms with Gasteiger partial charge in [-0.2, -0.15) is 0 Å². The van der Waals surface area contributed by atoms with Crippen LogP contribution in [0, 0.1) is 5.41 Å². The molecule has 2 aromatic rings. The van der Waals surface area contributed by atoms with E-state index in [1.165, 1.54) is 0 Å². The van der Waals surface area contributed by atoms with Crippen molar-refractivity contribution in [1.29, 1.82) is 0 Å². The first-order valence-electron chi connectivity index (χ1n) is 8.79. The third kappa shape index (κ3) is 3.05. The number of likely N-dealkylation sites (tertiary alicyclic amines) is 1. The number of nitrogens with zero attached hydrogens (tertiary/aromatic N) is 3. The Morgan fingerprint density at radius 3 is 2.80 bits per heavy atom. The Labute approximate surface area is 148 Å². The lowest BCUT2D eigenvalue weighted by atomic mass is 9.65. The van der Waals surface area contributed by atoms with Crippen LogP contribution >= 0.6 is 0 Å². The van der Waals surface area contributed by atoms with Gasteiger partial charge in [-0.1, -0.05) is 20.8 Å². The largest absolute Gasteiger partial charge is 0.497 e. The van der Waals surface area contributed by atoms with E-state index in [1.54, 1.807) is 12.0 Å². The fourth-order valence-corrected chi connectivity index (χ4v) is 4.07. The Morgan fingerprint density at radius 1 is 1.40 bits per heavy atom. The zero-order valence-corrected chi connectivity index (χ0v) is 15.5. The van der Waals surface area contributed by atoms with Gasteiger partial charge in [-0.05, 0) is 30.7 Å². The predicted molar refractivity (Wildman–Crippen MR) is 96.2 cm³/mol. The van der Waals surface area contributed by atoms with E-state index in [0.717, 1.165) is 36.4 Å². The molecule has 1 saturated heterocycles. The van der Waals surface area contributed by atoms with Gasteiger partial charge in [0, 0.05) is 31.4 Å². The van der Waals surface area contributed by atoms with Crippen molar-refractivity contribution in [1.82, 2.24) is 14.3 Å². The maximum atomic E-state index is 11.9. The van der Waals surface area contributed by atoms with Gasteiger partial charge in [0.25, 0.3) is 0 Å². The van der Waals surface area contributed by atoms with Crippen molar-refractivity contribution in [2.75, 3.05) is 13.7 Å². The average molecular weight is 345 g/mol. The van der Waals surface area contributed by atoms with Gasteiger partial charge in [0.05, 0.1) is 18.3 Å². The van der Waals surface area contributed by atoms with Crippen LogP contribution in [0.1, 0.15) is 45.7 Å². The Morgan fingerprint density at radius 2 is 2.16 bits per heavy atom. The summed E-state index contributed by atoms with van der Waals surface area (Å²) >= 11 is 0. The Balaban J connectivity index is 2.02. The Bertz CT molecular complexity index is 778. The zero-order chi connectivity index (χ0) is 18.2. The molecule has 6 heteroatoms. The summed E-state index contributed by atoms with van der Waals surface area (Å²) in [5.74, 6) is 0.764. The van der Waals surface area contributed by atoms with E-state index in [9.17, 15) is 9.90 Å². The standard InChI is InChI=1S/C19H27N3O3/c1-18(2,3)19(8-5-6-9-22(19)17(23)24)12-14-13-21-10-7-15(25-4)11-16(21)20-14/h7,10-11,13H,5-6,8-9,12H2,1-4H3,(H,23,24)/t19-/m0/s1. The summed E-state index contributed by atoms with van der Waals surface area (Å²) in [6.07, 6.45) is 6.53. The molecule has 0 bridgehead atoms. The molecule has 1 amide bonds. The van der Waals surface area contributed by atoms with E-state index >= 15 is 0 Å². The normalized spacial score (nSPS) is 21.5. The molecule has 0 aliphatic carbocycles. The van der Waals surface area contributed by atoms with Crippen LogP contribution in [-0.2, 0) is 6.42 Å². The summed E-state index contributed by atoms with van der Waals surface area (Å²) in [5.41, 5.74) is 1.10. The molecule has 1 fully saturated rings. The number of carboxylic acid groups (broad SMARTS) is 1. The van der Waals surface area contributed by atoms with Crippen LogP contribution in [0.2, 0.25) is 0 Å². The zero-order valence-electron chi connectivity index (χ0n) is 15.5. The Kier molecular flexibility index (Phi) is 4.39. The number of aromatic nitrogens is 2. The number of amides is 1. The lowest BCUT2D eigenvalue weighted by Crippen LogP contribution is -2.62. The van der Waals surface area contributed by atoms with Crippen molar-refractivity contribution < 1.29 is 14.6 Å². The third-order valence-electron chi connectivity index (χ3n) is 5.56. The topological polar surface area (TPSA) is 67.1 Å². The second kappa shape index (κ2) is 6.24. The number of hydrogen-bond donors (Lipinski definition) is 1. The molecule has 3 rings (SSSR count). The van der Waals surface area contributed by atoms with Crippen LogP contribution < -0.4 is 4.74 Å². The van der Waals surface area contributed by atoms with E-state index in [1.807, 2.05) is 28.9 Å². The van der Waals surface area contributed by atoms with Gasteiger partial charge in [0.2, 0.25) is 0 Å². The van der Waals surface area contributed by atoms with Gasteiger partial charge >= 0.3 is 6.09 Å². The molecule has 0 unspecified atom stereocenters. The molecule has 0 spiro atoms. The second-order valence-electron chi connectivity index (χ2n) is 7.91. The molecule has 25 heavy (non-hydrogen) atoms. The minimum atomic E-state index is -0.833. The minimum Gasteiger partial charge on any atom is -0.497 e. The van der Waals surface area contributed by atoms with Crippen molar-refractivity contribution in [3.63, 3.8) is 0 Å². The molecule has 0 radical (unpaired) electrons.